The van der Waals surface area contributed by atoms with Crippen molar-refractivity contribution in [3.8, 4) is 0 Å². The molecule has 1 aromatic heterocycles. The lowest BCUT2D eigenvalue weighted by atomic mass is 10.3. The summed E-state index contributed by atoms with van der Waals surface area (Å²) in [7, 11) is 0. The summed E-state index contributed by atoms with van der Waals surface area (Å²) in [4.78, 5) is 16.3. The van der Waals surface area contributed by atoms with Crippen molar-refractivity contribution in [1.82, 2.24) is 4.98 Å². The molecule has 0 fully saturated rings. The molecular formula is C10H14ClN3O2. The first-order valence-corrected chi connectivity index (χ1v) is 5.53. The maximum atomic E-state index is 10.9. The number of pyridine rings is 1. The summed E-state index contributed by atoms with van der Waals surface area (Å²) in [5, 5.41) is 11.1. The molecule has 0 aliphatic carbocycles. The average Bonchev–Trinajstić information content (AvgIpc) is 2.25. The van der Waals surface area contributed by atoms with Crippen LogP contribution in [0.4, 0.5) is 11.5 Å². The summed E-state index contributed by atoms with van der Waals surface area (Å²) in [5.74, 6) is 0.349. The second kappa shape index (κ2) is 5.65. The van der Waals surface area contributed by atoms with E-state index in [2.05, 4.69) is 4.98 Å². The van der Waals surface area contributed by atoms with Crippen LogP contribution in [-0.4, -0.2) is 23.0 Å². The summed E-state index contributed by atoms with van der Waals surface area (Å²) in [5.41, 5.74) is -0.000278. The maximum absolute atomic E-state index is 10.9. The molecule has 0 aliphatic heterocycles. The Labute approximate surface area is 99.2 Å². The Morgan fingerprint density at radius 1 is 1.50 bits per heavy atom. The number of aromatic nitrogens is 1. The molecule has 0 aliphatic rings. The van der Waals surface area contributed by atoms with E-state index in [0.29, 0.717) is 12.4 Å². The van der Waals surface area contributed by atoms with Gasteiger partial charge in [0, 0.05) is 19.2 Å². The second-order valence-electron chi connectivity index (χ2n) is 3.31. The van der Waals surface area contributed by atoms with Crippen LogP contribution in [0.1, 0.15) is 20.3 Å². The topological polar surface area (TPSA) is 59.3 Å². The predicted molar refractivity (Wildman–Crippen MR) is 64.1 cm³/mol. The molecular weight excluding hydrogens is 230 g/mol. The molecule has 0 amide bonds. The lowest BCUT2D eigenvalue weighted by Crippen LogP contribution is -2.25. The Morgan fingerprint density at radius 3 is 2.69 bits per heavy atom. The van der Waals surface area contributed by atoms with Gasteiger partial charge in [-0.25, -0.2) is 4.98 Å². The Kier molecular flexibility index (Phi) is 4.49. The van der Waals surface area contributed by atoms with Crippen molar-refractivity contribution in [2.75, 3.05) is 18.0 Å². The first kappa shape index (κ1) is 12.7. The van der Waals surface area contributed by atoms with E-state index in [1.807, 2.05) is 18.7 Å². The molecule has 88 valence electrons. The molecule has 0 bridgehead atoms. The Morgan fingerprint density at radius 2 is 2.19 bits per heavy atom. The van der Waals surface area contributed by atoms with Gasteiger partial charge >= 0.3 is 5.69 Å². The van der Waals surface area contributed by atoms with E-state index in [9.17, 15) is 10.1 Å². The zero-order valence-electron chi connectivity index (χ0n) is 9.31. The molecule has 0 aromatic carbocycles. The van der Waals surface area contributed by atoms with Crippen LogP contribution in [0.2, 0.25) is 5.15 Å². The zero-order chi connectivity index (χ0) is 12.1. The van der Waals surface area contributed by atoms with Gasteiger partial charge in [0.1, 0.15) is 5.15 Å². The van der Waals surface area contributed by atoms with E-state index < -0.39 is 4.92 Å². The fraction of sp³-hybridized carbons (Fsp3) is 0.500. The standard InChI is InChI=1S/C10H14ClN3O2/c1-3-7-13(4-2)10-8(14(15)16)5-6-9(11)12-10/h5-6H,3-4,7H2,1-2H3. The smallest absolute Gasteiger partial charge is 0.311 e. The Balaban J connectivity index is 3.16. The summed E-state index contributed by atoms with van der Waals surface area (Å²) in [6.45, 7) is 5.34. The summed E-state index contributed by atoms with van der Waals surface area (Å²) in [6, 6.07) is 2.83. The van der Waals surface area contributed by atoms with E-state index in [4.69, 9.17) is 11.6 Å². The monoisotopic (exact) mass is 243 g/mol. The van der Waals surface area contributed by atoms with E-state index in [1.165, 1.54) is 12.1 Å². The molecule has 6 heteroatoms. The van der Waals surface area contributed by atoms with Crippen molar-refractivity contribution in [3.05, 3.63) is 27.4 Å². The fourth-order valence-electron chi connectivity index (χ4n) is 1.48. The lowest BCUT2D eigenvalue weighted by molar-refractivity contribution is -0.384. The van der Waals surface area contributed by atoms with Crippen molar-refractivity contribution < 1.29 is 4.92 Å². The van der Waals surface area contributed by atoms with Crippen LogP contribution in [0.25, 0.3) is 0 Å². The molecule has 5 nitrogen and oxygen atoms in total. The quantitative estimate of drug-likeness (QED) is 0.453. The van der Waals surface area contributed by atoms with Gasteiger partial charge in [0.25, 0.3) is 0 Å². The van der Waals surface area contributed by atoms with Crippen LogP contribution in [0.5, 0.6) is 0 Å². The highest BCUT2D eigenvalue weighted by Gasteiger charge is 2.20. The number of hydrogen-bond acceptors (Lipinski definition) is 4. The van der Waals surface area contributed by atoms with Crippen molar-refractivity contribution in [3.63, 3.8) is 0 Å². The Bertz CT molecular complexity index is 384. The van der Waals surface area contributed by atoms with Crippen LogP contribution in [-0.2, 0) is 0 Å². The molecule has 16 heavy (non-hydrogen) atoms. The van der Waals surface area contributed by atoms with Gasteiger partial charge in [-0.2, -0.15) is 0 Å². The largest absolute Gasteiger partial charge is 0.351 e. The third kappa shape index (κ3) is 2.82. The molecule has 0 atom stereocenters. The molecule has 0 saturated carbocycles. The molecule has 0 unspecified atom stereocenters. The summed E-state index contributed by atoms with van der Waals surface area (Å²) >= 11 is 5.76. The maximum Gasteiger partial charge on any atom is 0.311 e. The van der Waals surface area contributed by atoms with Crippen LogP contribution in [0.3, 0.4) is 0 Å². The third-order valence-electron chi connectivity index (χ3n) is 2.19. The Hall–Kier alpha value is -1.36. The average molecular weight is 244 g/mol. The minimum atomic E-state index is -0.434. The van der Waals surface area contributed by atoms with Gasteiger partial charge in [0.05, 0.1) is 4.92 Å². The second-order valence-corrected chi connectivity index (χ2v) is 3.70. The normalized spacial score (nSPS) is 10.2. The zero-order valence-corrected chi connectivity index (χ0v) is 10.1. The molecule has 0 saturated heterocycles. The van der Waals surface area contributed by atoms with Gasteiger partial charge in [0.2, 0.25) is 5.82 Å². The number of rotatable bonds is 5. The first-order valence-electron chi connectivity index (χ1n) is 5.16. The molecule has 1 aromatic rings. The minimum Gasteiger partial charge on any atom is -0.351 e. The van der Waals surface area contributed by atoms with Crippen LogP contribution in [0, 0.1) is 10.1 Å². The third-order valence-corrected chi connectivity index (χ3v) is 2.40. The number of halogens is 1. The van der Waals surface area contributed by atoms with E-state index in [0.717, 1.165) is 13.0 Å². The van der Waals surface area contributed by atoms with Gasteiger partial charge in [-0.05, 0) is 19.4 Å². The molecule has 1 rings (SSSR count). The van der Waals surface area contributed by atoms with Crippen LogP contribution in [0.15, 0.2) is 12.1 Å². The van der Waals surface area contributed by atoms with Gasteiger partial charge in [-0.15, -0.1) is 0 Å². The van der Waals surface area contributed by atoms with Gasteiger partial charge in [0.15, 0.2) is 0 Å². The highest BCUT2D eigenvalue weighted by atomic mass is 35.5. The summed E-state index contributed by atoms with van der Waals surface area (Å²) < 4.78 is 0. The minimum absolute atomic E-state index is 0.000278. The van der Waals surface area contributed by atoms with Crippen LogP contribution < -0.4 is 4.90 Å². The molecule has 0 spiro atoms. The highest BCUT2D eigenvalue weighted by molar-refractivity contribution is 6.29. The number of hydrogen-bond donors (Lipinski definition) is 0. The van der Waals surface area contributed by atoms with Crippen molar-refractivity contribution in [1.29, 1.82) is 0 Å². The predicted octanol–water partition coefficient (Wildman–Crippen LogP) is 2.88. The van der Waals surface area contributed by atoms with Gasteiger partial charge in [-0.3, -0.25) is 10.1 Å². The fourth-order valence-corrected chi connectivity index (χ4v) is 1.62. The number of nitrogens with zero attached hydrogens (tertiary/aromatic N) is 3. The van der Waals surface area contributed by atoms with E-state index >= 15 is 0 Å². The van der Waals surface area contributed by atoms with Crippen LogP contribution >= 0.6 is 11.6 Å². The number of nitro groups is 1. The highest BCUT2D eigenvalue weighted by Crippen LogP contribution is 2.27. The van der Waals surface area contributed by atoms with E-state index in [1.54, 1.807) is 0 Å². The number of anilines is 1. The van der Waals surface area contributed by atoms with E-state index in [-0.39, 0.29) is 10.8 Å². The van der Waals surface area contributed by atoms with Gasteiger partial charge in [-0.1, -0.05) is 18.5 Å². The van der Waals surface area contributed by atoms with Crippen molar-refractivity contribution in [2.45, 2.75) is 20.3 Å². The SMILES string of the molecule is CCCN(CC)c1nc(Cl)ccc1[N+](=O)[O-]. The molecule has 1 heterocycles. The molecule has 0 radical (unpaired) electrons. The van der Waals surface area contributed by atoms with Crippen molar-refractivity contribution >= 4 is 23.1 Å². The lowest BCUT2D eigenvalue weighted by Gasteiger charge is -2.20. The van der Waals surface area contributed by atoms with Crippen molar-refractivity contribution in [2.24, 2.45) is 0 Å². The summed E-state index contributed by atoms with van der Waals surface area (Å²) in [6.07, 6.45) is 0.902. The first-order chi connectivity index (χ1) is 7.60. The molecule has 0 N–H and O–H groups in total. The van der Waals surface area contributed by atoms with Gasteiger partial charge < -0.3 is 4.90 Å².